The number of hydrogen-bond acceptors (Lipinski definition) is 2. The van der Waals surface area contributed by atoms with Gasteiger partial charge in [0.1, 0.15) is 11.7 Å². The van der Waals surface area contributed by atoms with E-state index in [1.807, 2.05) is 6.92 Å². The molecule has 4 heteroatoms. The van der Waals surface area contributed by atoms with Gasteiger partial charge in [-0.3, -0.25) is 9.69 Å². The molecule has 0 aromatic heterocycles. The molecule has 0 bridgehead atoms. The van der Waals surface area contributed by atoms with Crippen molar-refractivity contribution in [1.82, 2.24) is 4.90 Å². The Bertz CT molecular complexity index is 228. The number of β-lactam (4-membered cyclic amide) rings is 1. The van der Waals surface area contributed by atoms with Crippen molar-refractivity contribution in [1.29, 1.82) is 0 Å². The average molecular weight is 171 g/mol. The Morgan fingerprint density at radius 2 is 2.55 bits per heavy atom. The van der Waals surface area contributed by atoms with E-state index in [0.717, 1.165) is 0 Å². The molecule has 3 nitrogen and oxygen atoms in total. The van der Waals surface area contributed by atoms with Gasteiger partial charge >= 0.3 is 0 Å². The summed E-state index contributed by atoms with van der Waals surface area (Å²) < 4.78 is 11.3. The lowest BCUT2D eigenvalue weighted by Crippen LogP contribution is -2.62. The van der Waals surface area contributed by atoms with Crippen LogP contribution in [0.25, 0.3) is 0 Å². The highest BCUT2D eigenvalue weighted by molar-refractivity contribution is 7.92. The summed E-state index contributed by atoms with van der Waals surface area (Å²) in [6, 6.07) is 0. The molecule has 3 atom stereocenters. The van der Waals surface area contributed by atoms with Crippen LogP contribution in [0.5, 0.6) is 0 Å². The van der Waals surface area contributed by atoms with Gasteiger partial charge in [-0.25, -0.2) is 0 Å². The second-order valence-corrected chi connectivity index (χ2v) is 4.43. The number of carbonyl (C=O) groups excluding carboxylic acids is 1. The lowest BCUT2D eigenvalue weighted by molar-refractivity contribution is -0.145. The molecule has 2 aliphatic rings. The van der Waals surface area contributed by atoms with Crippen LogP contribution in [0.15, 0.2) is 12.3 Å². The molecule has 0 spiro atoms. The highest BCUT2D eigenvalue weighted by Crippen LogP contribution is 2.33. The number of amides is 1. The number of nitrogens with zero attached hydrogens (tertiary/aromatic N) is 1. The van der Waals surface area contributed by atoms with Gasteiger partial charge in [0.2, 0.25) is 11.3 Å². The molecule has 0 aliphatic carbocycles. The van der Waals surface area contributed by atoms with Gasteiger partial charge in [-0.05, 0) is 24.2 Å². The Morgan fingerprint density at radius 3 is 3.18 bits per heavy atom. The number of hydrogen-bond donors (Lipinski definition) is 0. The molecule has 1 saturated heterocycles. The minimum absolute atomic E-state index is 0.0347. The SMILES string of the molecule is CC1C(=O)N2C=CC[S+]([O-])[C@@H]12. The summed E-state index contributed by atoms with van der Waals surface area (Å²) >= 11 is -0.861. The Morgan fingerprint density at radius 1 is 1.82 bits per heavy atom. The summed E-state index contributed by atoms with van der Waals surface area (Å²) in [6.07, 6.45) is 3.53. The summed E-state index contributed by atoms with van der Waals surface area (Å²) in [5.41, 5.74) is 0. The maximum Gasteiger partial charge on any atom is 0.240 e. The second-order valence-electron chi connectivity index (χ2n) is 2.86. The molecular weight excluding hydrogens is 162 g/mol. The summed E-state index contributed by atoms with van der Waals surface area (Å²) in [5, 5.41) is -0.0347. The van der Waals surface area contributed by atoms with Gasteiger partial charge in [-0.15, -0.1) is 0 Å². The first-order valence-electron chi connectivity index (χ1n) is 3.58. The zero-order valence-corrected chi connectivity index (χ0v) is 7.00. The molecule has 11 heavy (non-hydrogen) atoms. The Balaban J connectivity index is 2.22. The van der Waals surface area contributed by atoms with Gasteiger partial charge in [0.15, 0.2) is 0 Å². The van der Waals surface area contributed by atoms with Crippen molar-refractivity contribution in [3.8, 4) is 0 Å². The molecule has 2 rings (SSSR count). The van der Waals surface area contributed by atoms with Crippen molar-refractivity contribution in [3.63, 3.8) is 0 Å². The van der Waals surface area contributed by atoms with Crippen LogP contribution in [-0.4, -0.2) is 26.5 Å². The van der Waals surface area contributed by atoms with Crippen molar-refractivity contribution < 1.29 is 9.35 Å². The molecule has 1 amide bonds. The van der Waals surface area contributed by atoms with Crippen LogP contribution in [0.1, 0.15) is 6.92 Å². The van der Waals surface area contributed by atoms with Crippen molar-refractivity contribution in [2.45, 2.75) is 12.3 Å². The minimum atomic E-state index is -0.861. The fourth-order valence-electron chi connectivity index (χ4n) is 1.50. The van der Waals surface area contributed by atoms with E-state index in [9.17, 15) is 9.35 Å². The van der Waals surface area contributed by atoms with Gasteiger partial charge < -0.3 is 4.55 Å². The number of carbonyl (C=O) groups is 1. The topological polar surface area (TPSA) is 43.4 Å². The predicted molar refractivity (Wildman–Crippen MR) is 41.9 cm³/mol. The highest BCUT2D eigenvalue weighted by Gasteiger charge is 2.51. The highest BCUT2D eigenvalue weighted by atomic mass is 32.2. The van der Waals surface area contributed by atoms with Gasteiger partial charge in [-0.2, -0.15) is 0 Å². The second kappa shape index (κ2) is 2.25. The molecule has 0 saturated carbocycles. The van der Waals surface area contributed by atoms with Gasteiger partial charge in [0, 0.05) is 6.20 Å². The zero-order chi connectivity index (χ0) is 8.01. The van der Waals surface area contributed by atoms with Crippen LogP contribution >= 0.6 is 0 Å². The van der Waals surface area contributed by atoms with Crippen molar-refractivity contribution in [2.24, 2.45) is 5.92 Å². The minimum Gasteiger partial charge on any atom is -0.614 e. The van der Waals surface area contributed by atoms with E-state index in [0.29, 0.717) is 5.75 Å². The van der Waals surface area contributed by atoms with Gasteiger partial charge in [0.05, 0.1) is 0 Å². The van der Waals surface area contributed by atoms with E-state index >= 15 is 0 Å². The molecule has 0 aromatic rings. The number of fused-ring (bicyclic) bond motifs is 1. The molecular formula is C7H9NO2S. The summed E-state index contributed by atoms with van der Waals surface area (Å²) in [6.45, 7) is 1.83. The van der Waals surface area contributed by atoms with Crippen LogP contribution in [0.2, 0.25) is 0 Å². The summed E-state index contributed by atoms with van der Waals surface area (Å²) in [4.78, 5) is 12.7. The lowest BCUT2D eigenvalue weighted by atomic mass is 10.0. The molecule has 0 aromatic carbocycles. The van der Waals surface area contributed by atoms with Crippen LogP contribution in [0.3, 0.4) is 0 Å². The van der Waals surface area contributed by atoms with Crippen molar-refractivity contribution in [2.75, 3.05) is 5.75 Å². The van der Waals surface area contributed by atoms with Crippen LogP contribution in [-0.2, 0) is 16.0 Å². The van der Waals surface area contributed by atoms with E-state index in [1.165, 1.54) is 0 Å². The molecule has 1 fully saturated rings. The molecule has 2 aliphatic heterocycles. The summed E-state index contributed by atoms with van der Waals surface area (Å²) in [5.74, 6) is 0.652. The van der Waals surface area contributed by atoms with Gasteiger partial charge in [0.25, 0.3) is 0 Å². The maximum absolute atomic E-state index is 11.3. The first kappa shape index (κ1) is 7.18. The van der Waals surface area contributed by atoms with E-state index in [-0.39, 0.29) is 17.2 Å². The zero-order valence-electron chi connectivity index (χ0n) is 6.19. The van der Waals surface area contributed by atoms with Gasteiger partial charge in [-0.1, -0.05) is 0 Å². The summed E-state index contributed by atoms with van der Waals surface area (Å²) in [7, 11) is 0. The molecule has 2 heterocycles. The third kappa shape index (κ3) is 0.827. The monoisotopic (exact) mass is 171 g/mol. The molecule has 60 valence electrons. The average Bonchev–Trinajstić information content (AvgIpc) is 2.03. The largest absolute Gasteiger partial charge is 0.614 e. The van der Waals surface area contributed by atoms with Crippen molar-refractivity contribution in [3.05, 3.63) is 12.3 Å². The fraction of sp³-hybridized carbons (Fsp3) is 0.571. The van der Waals surface area contributed by atoms with E-state index in [2.05, 4.69) is 0 Å². The first-order valence-corrected chi connectivity index (χ1v) is 4.96. The first-order chi connectivity index (χ1) is 5.22. The Kier molecular flexibility index (Phi) is 1.47. The molecule has 0 N–H and O–H groups in total. The van der Waals surface area contributed by atoms with E-state index in [1.54, 1.807) is 17.2 Å². The normalized spacial score (nSPS) is 41.8. The van der Waals surface area contributed by atoms with Crippen molar-refractivity contribution >= 4 is 17.1 Å². The van der Waals surface area contributed by atoms with E-state index < -0.39 is 11.2 Å². The predicted octanol–water partition coefficient (Wildman–Crippen LogP) is 0.0668. The van der Waals surface area contributed by atoms with Crippen LogP contribution in [0, 0.1) is 5.92 Å². The fourth-order valence-corrected chi connectivity index (χ4v) is 2.98. The lowest BCUT2D eigenvalue weighted by Gasteiger charge is -2.44. The third-order valence-electron chi connectivity index (χ3n) is 2.14. The quantitative estimate of drug-likeness (QED) is 0.382. The Labute approximate surface area is 68.2 Å². The Hall–Kier alpha value is -0.480. The smallest absolute Gasteiger partial charge is 0.240 e. The van der Waals surface area contributed by atoms with E-state index in [4.69, 9.17) is 0 Å². The standard InChI is InChI=1S/C7H9NO2S/c1-5-6(9)8-3-2-4-11(10)7(5)8/h2-3,5,7H,4H2,1H3/t5?,7-,11?/m0/s1. The third-order valence-corrected chi connectivity index (χ3v) is 3.84. The van der Waals surface area contributed by atoms with Crippen LogP contribution in [0.4, 0.5) is 0 Å². The molecule has 2 unspecified atom stereocenters. The maximum atomic E-state index is 11.3. The molecule has 0 radical (unpaired) electrons. The number of rotatable bonds is 0. The van der Waals surface area contributed by atoms with Crippen LogP contribution < -0.4 is 0 Å².